The zero-order valence-electron chi connectivity index (χ0n) is 12.3. The molecule has 0 fully saturated rings. The highest BCUT2D eigenvalue weighted by Crippen LogP contribution is 2.25. The molecule has 0 bridgehead atoms. The van der Waals surface area contributed by atoms with Crippen LogP contribution in [0.4, 0.5) is 0 Å². The van der Waals surface area contributed by atoms with Crippen LogP contribution >= 0.6 is 0 Å². The van der Waals surface area contributed by atoms with Crippen LogP contribution in [0.25, 0.3) is 10.9 Å². The summed E-state index contributed by atoms with van der Waals surface area (Å²) in [7, 11) is 0. The van der Waals surface area contributed by atoms with E-state index in [2.05, 4.69) is 0 Å². The standard InChI is InChI=1S/C16H21NO3/c1-4-10-20-16(18)12(3)17-9-8-13-11-14(19-5-2)6-7-15(13)17/h6-9,11-12H,4-5,10H2,1-3H3. The first-order valence-electron chi connectivity index (χ1n) is 7.07. The Kier molecular flexibility index (Phi) is 4.66. The third-order valence-corrected chi connectivity index (χ3v) is 3.21. The topological polar surface area (TPSA) is 40.5 Å². The van der Waals surface area contributed by atoms with Gasteiger partial charge in [-0.1, -0.05) is 6.92 Å². The van der Waals surface area contributed by atoms with Gasteiger partial charge in [-0.3, -0.25) is 0 Å². The second kappa shape index (κ2) is 6.46. The van der Waals surface area contributed by atoms with Gasteiger partial charge < -0.3 is 14.0 Å². The summed E-state index contributed by atoms with van der Waals surface area (Å²) in [5.74, 6) is 0.650. The largest absolute Gasteiger partial charge is 0.494 e. The van der Waals surface area contributed by atoms with Crippen LogP contribution in [0.1, 0.15) is 33.2 Å². The highest BCUT2D eigenvalue weighted by atomic mass is 16.5. The number of benzene rings is 1. The molecule has 1 aromatic heterocycles. The molecular formula is C16H21NO3. The van der Waals surface area contributed by atoms with Crippen LogP contribution < -0.4 is 4.74 Å². The maximum absolute atomic E-state index is 11.9. The number of esters is 1. The summed E-state index contributed by atoms with van der Waals surface area (Å²) < 4.78 is 12.6. The SMILES string of the molecule is CCCOC(=O)C(C)n1ccc2cc(OCC)ccc21. The second-order valence-electron chi connectivity index (χ2n) is 4.72. The third-order valence-electron chi connectivity index (χ3n) is 3.21. The Morgan fingerprint density at radius 1 is 1.30 bits per heavy atom. The van der Waals surface area contributed by atoms with Gasteiger partial charge in [0.15, 0.2) is 0 Å². The number of fused-ring (bicyclic) bond motifs is 1. The Hall–Kier alpha value is -1.97. The molecule has 0 radical (unpaired) electrons. The van der Waals surface area contributed by atoms with Crippen molar-refractivity contribution in [3.63, 3.8) is 0 Å². The molecule has 0 saturated carbocycles. The van der Waals surface area contributed by atoms with Crippen molar-refractivity contribution >= 4 is 16.9 Å². The van der Waals surface area contributed by atoms with Gasteiger partial charge in [-0.15, -0.1) is 0 Å². The minimum atomic E-state index is -0.322. The van der Waals surface area contributed by atoms with Crippen LogP contribution in [0.5, 0.6) is 5.75 Å². The highest BCUT2D eigenvalue weighted by molar-refractivity contribution is 5.84. The van der Waals surface area contributed by atoms with E-state index in [4.69, 9.17) is 9.47 Å². The summed E-state index contributed by atoms with van der Waals surface area (Å²) in [6, 6.07) is 7.55. The first kappa shape index (κ1) is 14.4. The molecule has 1 heterocycles. The van der Waals surface area contributed by atoms with Crippen LogP contribution in [0.2, 0.25) is 0 Å². The molecule has 0 amide bonds. The molecule has 4 nitrogen and oxygen atoms in total. The fourth-order valence-electron chi connectivity index (χ4n) is 2.17. The van der Waals surface area contributed by atoms with Crippen molar-refractivity contribution in [2.45, 2.75) is 33.2 Å². The van der Waals surface area contributed by atoms with Crippen molar-refractivity contribution in [3.8, 4) is 5.75 Å². The molecule has 0 spiro atoms. The van der Waals surface area contributed by atoms with Crippen molar-refractivity contribution in [3.05, 3.63) is 30.5 Å². The Morgan fingerprint density at radius 3 is 2.80 bits per heavy atom. The second-order valence-corrected chi connectivity index (χ2v) is 4.72. The Morgan fingerprint density at radius 2 is 2.10 bits per heavy atom. The van der Waals surface area contributed by atoms with Gasteiger partial charge in [0.25, 0.3) is 0 Å². The lowest BCUT2D eigenvalue weighted by Crippen LogP contribution is -2.18. The predicted octanol–water partition coefficient (Wildman–Crippen LogP) is 3.55. The number of hydrogen-bond donors (Lipinski definition) is 0. The molecule has 0 N–H and O–H groups in total. The molecule has 4 heteroatoms. The van der Waals surface area contributed by atoms with Gasteiger partial charge in [0.05, 0.1) is 13.2 Å². The zero-order chi connectivity index (χ0) is 14.5. The van der Waals surface area contributed by atoms with E-state index in [9.17, 15) is 4.79 Å². The van der Waals surface area contributed by atoms with E-state index in [1.54, 1.807) is 0 Å². The molecule has 0 saturated heterocycles. The lowest BCUT2D eigenvalue weighted by atomic mass is 10.2. The van der Waals surface area contributed by atoms with E-state index in [0.717, 1.165) is 23.1 Å². The minimum absolute atomic E-state index is 0.196. The Balaban J connectivity index is 2.24. The quantitative estimate of drug-likeness (QED) is 0.757. The maximum atomic E-state index is 11.9. The highest BCUT2D eigenvalue weighted by Gasteiger charge is 2.17. The van der Waals surface area contributed by atoms with E-state index in [1.165, 1.54) is 0 Å². The van der Waals surface area contributed by atoms with E-state index in [-0.39, 0.29) is 12.0 Å². The number of nitrogens with zero attached hydrogens (tertiary/aromatic N) is 1. The van der Waals surface area contributed by atoms with Gasteiger partial charge in [0, 0.05) is 17.1 Å². The van der Waals surface area contributed by atoms with Gasteiger partial charge in [-0.2, -0.15) is 0 Å². The number of rotatable bonds is 6. The zero-order valence-corrected chi connectivity index (χ0v) is 12.3. The average Bonchev–Trinajstić information content (AvgIpc) is 2.87. The van der Waals surface area contributed by atoms with Crippen molar-refractivity contribution < 1.29 is 14.3 Å². The van der Waals surface area contributed by atoms with Gasteiger partial charge in [-0.05, 0) is 44.5 Å². The first-order valence-corrected chi connectivity index (χ1v) is 7.07. The molecule has 1 aromatic carbocycles. The fourth-order valence-corrected chi connectivity index (χ4v) is 2.17. The molecular weight excluding hydrogens is 254 g/mol. The lowest BCUT2D eigenvalue weighted by molar-refractivity contribution is -0.147. The Bertz CT molecular complexity index is 588. The summed E-state index contributed by atoms with van der Waals surface area (Å²) in [5.41, 5.74) is 1.01. The van der Waals surface area contributed by atoms with Crippen molar-refractivity contribution in [2.24, 2.45) is 0 Å². The maximum Gasteiger partial charge on any atom is 0.328 e. The minimum Gasteiger partial charge on any atom is -0.494 e. The number of ether oxygens (including phenoxy) is 2. The molecule has 0 aliphatic rings. The van der Waals surface area contributed by atoms with E-state index in [0.29, 0.717) is 13.2 Å². The molecule has 0 aliphatic carbocycles. The molecule has 1 unspecified atom stereocenters. The summed E-state index contributed by atoms with van der Waals surface area (Å²) in [6.07, 6.45) is 2.75. The van der Waals surface area contributed by atoms with Gasteiger partial charge >= 0.3 is 5.97 Å². The van der Waals surface area contributed by atoms with Crippen molar-refractivity contribution in [2.75, 3.05) is 13.2 Å². The molecule has 108 valence electrons. The van der Waals surface area contributed by atoms with Gasteiger partial charge in [0.2, 0.25) is 0 Å². The number of carbonyl (C=O) groups excluding carboxylic acids is 1. The average molecular weight is 275 g/mol. The van der Waals surface area contributed by atoms with Crippen molar-refractivity contribution in [1.82, 2.24) is 4.57 Å². The number of carbonyl (C=O) groups is 1. The van der Waals surface area contributed by atoms with E-state index < -0.39 is 0 Å². The fraction of sp³-hybridized carbons (Fsp3) is 0.438. The molecule has 20 heavy (non-hydrogen) atoms. The van der Waals surface area contributed by atoms with Crippen molar-refractivity contribution in [1.29, 1.82) is 0 Å². The smallest absolute Gasteiger partial charge is 0.328 e. The van der Waals surface area contributed by atoms with Crippen LogP contribution in [-0.2, 0) is 9.53 Å². The molecule has 2 rings (SSSR count). The summed E-state index contributed by atoms with van der Waals surface area (Å²) in [4.78, 5) is 11.9. The van der Waals surface area contributed by atoms with E-state index in [1.807, 2.05) is 55.8 Å². The van der Waals surface area contributed by atoms with Gasteiger partial charge in [0.1, 0.15) is 11.8 Å². The summed E-state index contributed by atoms with van der Waals surface area (Å²) in [6.45, 7) is 6.91. The predicted molar refractivity (Wildman–Crippen MR) is 79.1 cm³/mol. The lowest BCUT2D eigenvalue weighted by Gasteiger charge is -2.14. The first-order chi connectivity index (χ1) is 9.67. The normalized spacial score (nSPS) is 12.3. The van der Waals surface area contributed by atoms with Crippen LogP contribution in [0.3, 0.4) is 0 Å². The molecule has 2 aromatic rings. The van der Waals surface area contributed by atoms with Crippen LogP contribution in [0.15, 0.2) is 30.5 Å². The van der Waals surface area contributed by atoms with E-state index >= 15 is 0 Å². The van der Waals surface area contributed by atoms with Crippen LogP contribution in [0, 0.1) is 0 Å². The van der Waals surface area contributed by atoms with Gasteiger partial charge in [-0.25, -0.2) is 4.79 Å². The monoisotopic (exact) mass is 275 g/mol. The number of hydrogen-bond acceptors (Lipinski definition) is 3. The number of aromatic nitrogens is 1. The third kappa shape index (κ3) is 2.95. The summed E-state index contributed by atoms with van der Waals surface area (Å²) in [5, 5.41) is 1.06. The summed E-state index contributed by atoms with van der Waals surface area (Å²) >= 11 is 0. The van der Waals surface area contributed by atoms with Crippen LogP contribution in [-0.4, -0.2) is 23.8 Å². The molecule has 1 atom stereocenters. The molecule has 0 aliphatic heterocycles. The Labute approximate surface area is 119 Å².